The van der Waals surface area contributed by atoms with Gasteiger partial charge in [0.05, 0.1) is 22.4 Å². The third-order valence-electron chi connectivity index (χ3n) is 5.13. The van der Waals surface area contributed by atoms with Crippen LogP contribution in [0.3, 0.4) is 0 Å². The Labute approximate surface area is 145 Å². The van der Waals surface area contributed by atoms with Crippen LogP contribution in [0.4, 0.5) is 4.79 Å². The zero-order valence-electron chi connectivity index (χ0n) is 13.6. The molecule has 0 spiro atoms. The molecule has 24 heavy (non-hydrogen) atoms. The lowest BCUT2D eigenvalue weighted by molar-refractivity contribution is 0.114. The Hall–Kier alpha value is -1.66. The summed E-state index contributed by atoms with van der Waals surface area (Å²) in [5, 5.41) is 13.8. The quantitative estimate of drug-likeness (QED) is 0.876. The summed E-state index contributed by atoms with van der Waals surface area (Å²) in [5.41, 5.74) is 1.02. The number of rotatable bonds is 2. The van der Waals surface area contributed by atoms with E-state index < -0.39 is 0 Å². The molecule has 1 aromatic heterocycles. The summed E-state index contributed by atoms with van der Waals surface area (Å²) in [4.78, 5) is 19.4. The molecule has 2 amide bonds. The monoisotopic (exact) mass is 345 g/mol. The predicted octanol–water partition coefficient (Wildman–Crippen LogP) is 3.45. The van der Waals surface area contributed by atoms with Crippen LogP contribution in [0.5, 0.6) is 0 Å². The van der Waals surface area contributed by atoms with E-state index in [1.165, 1.54) is 4.70 Å². The minimum Gasteiger partial charge on any atom is -0.393 e. The summed E-state index contributed by atoms with van der Waals surface area (Å²) in [6, 6.07) is 8.46. The second-order valence-corrected chi connectivity index (χ2v) is 7.89. The van der Waals surface area contributed by atoms with Crippen molar-refractivity contribution in [1.29, 1.82) is 0 Å². The molecule has 2 fully saturated rings. The number of thiazole rings is 1. The molecule has 0 unspecified atom stereocenters. The maximum Gasteiger partial charge on any atom is 0.318 e. The number of carbonyl (C=O) groups is 1. The average molecular weight is 345 g/mol. The van der Waals surface area contributed by atoms with Crippen LogP contribution in [0.25, 0.3) is 10.2 Å². The Kier molecular flexibility index (Phi) is 4.41. The third-order valence-corrected chi connectivity index (χ3v) is 6.27. The molecule has 0 radical (unpaired) electrons. The molecule has 2 N–H and O–H groups in total. The second kappa shape index (κ2) is 6.69. The van der Waals surface area contributed by atoms with Crippen molar-refractivity contribution in [3.05, 3.63) is 29.3 Å². The molecule has 128 valence electrons. The van der Waals surface area contributed by atoms with Crippen LogP contribution in [0, 0.1) is 0 Å². The van der Waals surface area contributed by atoms with Crippen molar-refractivity contribution in [1.82, 2.24) is 15.2 Å². The van der Waals surface area contributed by atoms with E-state index in [1.807, 2.05) is 23.1 Å². The maximum absolute atomic E-state index is 12.7. The van der Waals surface area contributed by atoms with Gasteiger partial charge in [-0.25, -0.2) is 9.78 Å². The van der Waals surface area contributed by atoms with E-state index in [-0.39, 0.29) is 24.2 Å². The molecule has 0 bridgehead atoms. The van der Waals surface area contributed by atoms with Gasteiger partial charge in [-0.05, 0) is 50.7 Å². The van der Waals surface area contributed by atoms with Crippen molar-refractivity contribution < 1.29 is 9.90 Å². The van der Waals surface area contributed by atoms with Gasteiger partial charge in [0.25, 0.3) is 0 Å². The number of nitrogens with one attached hydrogen (secondary N) is 1. The van der Waals surface area contributed by atoms with Crippen LogP contribution in [-0.4, -0.2) is 39.7 Å². The summed E-state index contributed by atoms with van der Waals surface area (Å²) < 4.78 is 1.18. The van der Waals surface area contributed by atoms with Gasteiger partial charge in [-0.1, -0.05) is 12.1 Å². The van der Waals surface area contributed by atoms with E-state index in [0.29, 0.717) is 0 Å². The van der Waals surface area contributed by atoms with Crippen LogP contribution in [0.1, 0.15) is 49.6 Å². The number of amides is 2. The molecule has 2 aliphatic rings. The molecule has 1 aliphatic carbocycles. The predicted molar refractivity (Wildman–Crippen MR) is 95.1 cm³/mol. The van der Waals surface area contributed by atoms with Crippen molar-refractivity contribution in [2.75, 3.05) is 6.54 Å². The van der Waals surface area contributed by atoms with Crippen LogP contribution in [-0.2, 0) is 0 Å². The highest BCUT2D eigenvalue weighted by atomic mass is 32.1. The standard InChI is InChI=1S/C18H23N3O2S/c22-13-9-7-12(8-10-13)19-18(23)21-11-3-5-15(21)17-20-14-4-1-2-6-16(14)24-17/h1-2,4,6,12-13,15,22H,3,5,7-11H2,(H,19,23)/t12?,13?,15-/m1/s1. The van der Waals surface area contributed by atoms with Gasteiger partial charge < -0.3 is 15.3 Å². The molecule has 1 saturated heterocycles. The van der Waals surface area contributed by atoms with E-state index in [9.17, 15) is 9.90 Å². The molecule has 1 saturated carbocycles. The summed E-state index contributed by atoms with van der Waals surface area (Å²) in [6.45, 7) is 0.793. The van der Waals surface area contributed by atoms with Gasteiger partial charge >= 0.3 is 6.03 Å². The molecule has 1 atom stereocenters. The van der Waals surface area contributed by atoms with Gasteiger partial charge in [-0.15, -0.1) is 11.3 Å². The zero-order chi connectivity index (χ0) is 16.5. The minimum atomic E-state index is -0.194. The number of benzene rings is 1. The van der Waals surface area contributed by atoms with Crippen LogP contribution in [0.2, 0.25) is 0 Å². The molecule has 1 aromatic carbocycles. The number of para-hydroxylation sites is 1. The fourth-order valence-electron chi connectivity index (χ4n) is 3.78. The van der Waals surface area contributed by atoms with Gasteiger partial charge in [0.15, 0.2) is 0 Å². The summed E-state index contributed by atoms with van der Waals surface area (Å²) in [6.07, 6.45) is 5.12. The summed E-state index contributed by atoms with van der Waals surface area (Å²) >= 11 is 1.70. The van der Waals surface area contributed by atoms with Crippen LogP contribution >= 0.6 is 11.3 Å². The molecule has 4 rings (SSSR count). The van der Waals surface area contributed by atoms with Gasteiger partial charge in [0.1, 0.15) is 5.01 Å². The first-order valence-electron chi connectivity index (χ1n) is 8.81. The van der Waals surface area contributed by atoms with Gasteiger partial charge in [0, 0.05) is 12.6 Å². The molecule has 2 heterocycles. The van der Waals surface area contributed by atoms with Crippen molar-refractivity contribution in [2.24, 2.45) is 0 Å². The number of aromatic nitrogens is 1. The van der Waals surface area contributed by atoms with E-state index in [2.05, 4.69) is 11.4 Å². The number of nitrogens with zero attached hydrogens (tertiary/aromatic N) is 2. The highest BCUT2D eigenvalue weighted by molar-refractivity contribution is 7.18. The molecular formula is C18H23N3O2S. The largest absolute Gasteiger partial charge is 0.393 e. The zero-order valence-corrected chi connectivity index (χ0v) is 14.5. The molecule has 2 aromatic rings. The van der Waals surface area contributed by atoms with E-state index in [0.717, 1.165) is 55.6 Å². The number of aliphatic hydroxyl groups excluding tert-OH is 1. The smallest absolute Gasteiger partial charge is 0.318 e. The number of urea groups is 1. The Morgan fingerprint density at radius 1 is 1.21 bits per heavy atom. The Morgan fingerprint density at radius 2 is 2.00 bits per heavy atom. The highest BCUT2D eigenvalue weighted by Crippen LogP contribution is 2.36. The Bertz CT molecular complexity index is 691. The first-order valence-corrected chi connectivity index (χ1v) is 9.63. The van der Waals surface area contributed by atoms with Crippen LogP contribution < -0.4 is 5.32 Å². The topological polar surface area (TPSA) is 65.5 Å². The number of fused-ring (bicyclic) bond motifs is 1. The van der Waals surface area contributed by atoms with E-state index in [1.54, 1.807) is 11.3 Å². The van der Waals surface area contributed by atoms with Crippen molar-refractivity contribution in [3.8, 4) is 0 Å². The number of likely N-dealkylation sites (tertiary alicyclic amines) is 1. The number of hydrogen-bond donors (Lipinski definition) is 2. The van der Waals surface area contributed by atoms with Crippen LogP contribution in [0.15, 0.2) is 24.3 Å². The molecule has 1 aliphatic heterocycles. The fourth-order valence-corrected chi connectivity index (χ4v) is 4.89. The normalized spacial score (nSPS) is 27.5. The lowest BCUT2D eigenvalue weighted by Gasteiger charge is -2.30. The lowest BCUT2D eigenvalue weighted by Crippen LogP contribution is -2.46. The van der Waals surface area contributed by atoms with E-state index in [4.69, 9.17) is 4.98 Å². The molecule has 5 nitrogen and oxygen atoms in total. The number of carbonyl (C=O) groups excluding carboxylic acids is 1. The van der Waals surface area contributed by atoms with Gasteiger partial charge in [0.2, 0.25) is 0 Å². The number of hydrogen-bond acceptors (Lipinski definition) is 4. The van der Waals surface area contributed by atoms with Gasteiger partial charge in [-0.2, -0.15) is 0 Å². The molecular weight excluding hydrogens is 322 g/mol. The molecule has 6 heteroatoms. The first-order chi connectivity index (χ1) is 11.7. The SMILES string of the molecule is O=C(NC1CCC(O)CC1)N1CCC[C@@H]1c1nc2ccccc2s1. The lowest BCUT2D eigenvalue weighted by atomic mass is 9.93. The summed E-state index contributed by atoms with van der Waals surface area (Å²) in [7, 11) is 0. The van der Waals surface area contributed by atoms with Crippen molar-refractivity contribution in [3.63, 3.8) is 0 Å². The average Bonchev–Trinajstić information content (AvgIpc) is 3.23. The van der Waals surface area contributed by atoms with Crippen molar-refractivity contribution in [2.45, 2.75) is 56.7 Å². The van der Waals surface area contributed by atoms with Crippen molar-refractivity contribution >= 4 is 27.6 Å². The third kappa shape index (κ3) is 3.13. The first kappa shape index (κ1) is 15.8. The van der Waals surface area contributed by atoms with E-state index >= 15 is 0 Å². The van der Waals surface area contributed by atoms with Gasteiger partial charge in [-0.3, -0.25) is 0 Å². The fraction of sp³-hybridized carbons (Fsp3) is 0.556. The minimum absolute atomic E-state index is 0.0261. The Morgan fingerprint density at radius 3 is 2.79 bits per heavy atom. The highest BCUT2D eigenvalue weighted by Gasteiger charge is 2.33. The Balaban J connectivity index is 1.46. The summed E-state index contributed by atoms with van der Waals surface area (Å²) in [5.74, 6) is 0. The second-order valence-electron chi connectivity index (χ2n) is 6.83. The maximum atomic E-state index is 12.7. The number of aliphatic hydroxyl groups is 1.